The van der Waals surface area contributed by atoms with E-state index in [1.807, 2.05) is 0 Å². The summed E-state index contributed by atoms with van der Waals surface area (Å²) in [4.78, 5) is 27.1. The Kier molecular flexibility index (Phi) is 5.35. The second-order valence-electron chi connectivity index (χ2n) is 6.50. The van der Waals surface area contributed by atoms with Crippen molar-refractivity contribution in [2.75, 3.05) is 6.54 Å². The molecule has 0 fully saturated rings. The highest BCUT2D eigenvalue weighted by Gasteiger charge is 2.21. The van der Waals surface area contributed by atoms with Crippen molar-refractivity contribution in [1.82, 2.24) is 29.7 Å². The van der Waals surface area contributed by atoms with E-state index in [1.165, 1.54) is 23.1 Å². The van der Waals surface area contributed by atoms with Gasteiger partial charge >= 0.3 is 5.69 Å². The van der Waals surface area contributed by atoms with Crippen LogP contribution in [0.15, 0.2) is 55.0 Å². The van der Waals surface area contributed by atoms with Gasteiger partial charge in [0.15, 0.2) is 5.65 Å². The van der Waals surface area contributed by atoms with Crippen molar-refractivity contribution in [2.24, 2.45) is 0 Å². The molecule has 0 atom stereocenters. The van der Waals surface area contributed by atoms with Crippen LogP contribution in [0.3, 0.4) is 0 Å². The molecule has 0 aliphatic heterocycles. The molecule has 10 nitrogen and oxygen atoms in total. The molecule has 1 amide bonds. The molecule has 4 aromatic rings. The number of nitrogens with zero attached hydrogens (tertiary/aromatic N) is 6. The van der Waals surface area contributed by atoms with Gasteiger partial charge in [-0.2, -0.15) is 10.2 Å². The van der Waals surface area contributed by atoms with Gasteiger partial charge in [0.2, 0.25) is 0 Å². The zero-order valence-electron chi connectivity index (χ0n) is 15.9. The summed E-state index contributed by atoms with van der Waals surface area (Å²) >= 11 is 0. The molecule has 0 saturated carbocycles. The van der Waals surface area contributed by atoms with Gasteiger partial charge in [0.1, 0.15) is 23.7 Å². The molecule has 3 aromatic heterocycles. The van der Waals surface area contributed by atoms with Crippen LogP contribution >= 0.6 is 0 Å². The highest BCUT2D eigenvalue weighted by molar-refractivity contribution is 5.99. The Labute approximate surface area is 173 Å². The van der Waals surface area contributed by atoms with E-state index in [4.69, 9.17) is 0 Å². The third-order valence-electron chi connectivity index (χ3n) is 4.49. The Balaban J connectivity index is 1.58. The molecular weight excluding hydrogens is 412 g/mol. The van der Waals surface area contributed by atoms with E-state index in [9.17, 15) is 23.7 Å². The average Bonchev–Trinajstić information content (AvgIpc) is 3.41. The molecule has 0 saturated heterocycles. The van der Waals surface area contributed by atoms with Crippen LogP contribution in [0.4, 0.5) is 14.5 Å². The quantitative estimate of drug-likeness (QED) is 0.358. The van der Waals surface area contributed by atoms with Crippen LogP contribution in [0.25, 0.3) is 16.9 Å². The van der Waals surface area contributed by atoms with Crippen LogP contribution in [0.5, 0.6) is 0 Å². The van der Waals surface area contributed by atoms with E-state index in [0.717, 1.165) is 10.7 Å². The number of hydrogen-bond donors (Lipinski definition) is 1. The monoisotopic (exact) mass is 427 g/mol. The molecule has 1 N–H and O–H groups in total. The lowest BCUT2D eigenvalue weighted by Gasteiger charge is -2.09. The second-order valence-corrected chi connectivity index (χ2v) is 6.50. The van der Waals surface area contributed by atoms with Gasteiger partial charge in [-0.05, 0) is 6.07 Å². The number of benzene rings is 1. The van der Waals surface area contributed by atoms with E-state index in [1.54, 1.807) is 30.3 Å². The Hall–Kier alpha value is -4.22. The third-order valence-corrected chi connectivity index (χ3v) is 4.49. The van der Waals surface area contributed by atoms with E-state index < -0.39 is 17.3 Å². The SMILES string of the molecule is O=C(NCCn1cc([N+](=O)[O-])cn1)c1cnn2c(C(F)F)cc(-c3ccccc3)nc12. The van der Waals surface area contributed by atoms with Gasteiger partial charge < -0.3 is 5.32 Å². The molecule has 1 aromatic carbocycles. The number of alkyl halides is 2. The summed E-state index contributed by atoms with van der Waals surface area (Å²) in [7, 11) is 0. The van der Waals surface area contributed by atoms with Crippen LogP contribution in [-0.2, 0) is 6.54 Å². The number of aromatic nitrogens is 5. The van der Waals surface area contributed by atoms with E-state index in [2.05, 4.69) is 20.5 Å². The zero-order chi connectivity index (χ0) is 22.0. The van der Waals surface area contributed by atoms with Crippen molar-refractivity contribution < 1.29 is 18.5 Å². The van der Waals surface area contributed by atoms with Crippen LogP contribution in [0, 0.1) is 10.1 Å². The molecule has 4 rings (SSSR count). The summed E-state index contributed by atoms with van der Waals surface area (Å²) in [6.07, 6.45) is 0.703. The first-order valence-electron chi connectivity index (χ1n) is 9.11. The summed E-state index contributed by atoms with van der Waals surface area (Å²) < 4.78 is 29.5. The number of nitrogens with one attached hydrogen (secondary N) is 1. The first-order chi connectivity index (χ1) is 14.9. The summed E-state index contributed by atoms with van der Waals surface area (Å²) in [5.74, 6) is -0.561. The lowest BCUT2D eigenvalue weighted by Crippen LogP contribution is -2.27. The molecule has 0 aliphatic carbocycles. The Morgan fingerprint density at radius 1 is 1.19 bits per heavy atom. The molecule has 0 aliphatic rings. The van der Waals surface area contributed by atoms with Gasteiger partial charge in [0, 0.05) is 12.1 Å². The van der Waals surface area contributed by atoms with Gasteiger partial charge in [-0.3, -0.25) is 19.6 Å². The van der Waals surface area contributed by atoms with Gasteiger partial charge in [-0.1, -0.05) is 30.3 Å². The predicted molar refractivity (Wildman–Crippen MR) is 105 cm³/mol. The molecular formula is C19H15F2N7O3. The van der Waals surface area contributed by atoms with Crippen LogP contribution in [0.2, 0.25) is 0 Å². The number of carbonyl (C=O) groups is 1. The fourth-order valence-corrected chi connectivity index (χ4v) is 3.01. The molecule has 0 radical (unpaired) electrons. The lowest BCUT2D eigenvalue weighted by molar-refractivity contribution is -0.385. The first-order valence-corrected chi connectivity index (χ1v) is 9.11. The third kappa shape index (κ3) is 4.08. The highest BCUT2D eigenvalue weighted by Crippen LogP contribution is 2.26. The number of amides is 1. The van der Waals surface area contributed by atoms with Crippen LogP contribution in [-0.4, -0.2) is 41.8 Å². The predicted octanol–water partition coefficient (Wildman–Crippen LogP) is 2.87. The van der Waals surface area contributed by atoms with Crippen molar-refractivity contribution in [3.63, 3.8) is 0 Å². The maximum Gasteiger partial charge on any atom is 0.306 e. The van der Waals surface area contributed by atoms with Crippen molar-refractivity contribution in [1.29, 1.82) is 0 Å². The van der Waals surface area contributed by atoms with E-state index >= 15 is 0 Å². The number of carbonyl (C=O) groups excluding carboxylic acids is 1. The fraction of sp³-hybridized carbons (Fsp3) is 0.158. The van der Waals surface area contributed by atoms with Crippen molar-refractivity contribution in [3.05, 3.63) is 76.4 Å². The molecule has 0 bridgehead atoms. The molecule has 31 heavy (non-hydrogen) atoms. The summed E-state index contributed by atoms with van der Waals surface area (Å²) in [5, 5.41) is 21.1. The van der Waals surface area contributed by atoms with Gasteiger partial charge in [0.25, 0.3) is 12.3 Å². The van der Waals surface area contributed by atoms with Crippen molar-refractivity contribution in [2.45, 2.75) is 13.0 Å². The van der Waals surface area contributed by atoms with Crippen LogP contribution < -0.4 is 5.32 Å². The maximum atomic E-state index is 13.6. The van der Waals surface area contributed by atoms with Gasteiger partial charge in [-0.15, -0.1) is 0 Å². The van der Waals surface area contributed by atoms with Crippen molar-refractivity contribution >= 4 is 17.2 Å². The topological polar surface area (TPSA) is 120 Å². The van der Waals surface area contributed by atoms with Gasteiger partial charge in [-0.25, -0.2) is 18.3 Å². The Morgan fingerprint density at radius 3 is 2.65 bits per heavy atom. The molecule has 158 valence electrons. The highest BCUT2D eigenvalue weighted by atomic mass is 19.3. The average molecular weight is 427 g/mol. The standard InChI is InChI=1S/C19H15F2N7O3/c20-17(21)16-8-15(12-4-2-1-3-5-12)25-18-14(10-24-27(16)18)19(29)22-6-7-26-11-13(9-23-26)28(30)31/h1-5,8-11,17H,6-7H2,(H,22,29). The second kappa shape index (κ2) is 8.26. The number of rotatable bonds is 7. The minimum atomic E-state index is -2.82. The van der Waals surface area contributed by atoms with E-state index in [0.29, 0.717) is 11.3 Å². The minimum absolute atomic E-state index is 0.00359. The summed E-state index contributed by atoms with van der Waals surface area (Å²) in [5.41, 5.74) is 0.412. The van der Waals surface area contributed by atoms with Crippen LogP contribution in [0.1, 0.15) is 22.5 Å². The molecule has 0 spiro atoms. The largest absolute Gasteiger partial charge is 0.350 e. The normalized spacial score (nSPS) is 11.2. The Morgan fingerprint density at radius 2 is 1.97 bits per heavy atom. The van der Waals surface area contributed by atoms with Crippen molar-refractivity contribution in [3.8, 4) is 11.3 Å². The van der Waals surface area contributed by atoms with Gasteiger partial charge in [0.05, 0.1) is 23.4 Å². The summed E-state index contributed by atoms with van der Waals surface area (Å²) in [6, 6.07) is 10.0. The minimum Gasteiger partial charge on any atom is -0.350 e. The number of hydrogen-bond acceptors (Lipinski definition) is 6. The zero-order valence-corrected chi connectivity index (χ0v) is 15.9. The van der Waals surface area contributed by atoms with E-state index in [-0.39, 0.29) is 35.7 Å². The maximum absolute atomic E-state index is 13.6. The lowest BCUT2D eigenvalue weighted by atomic mass is 10.1. The number of fused-ring (bicyclic) bond motifs is 1. The molecule has 0 unspecified atom stereocenters. The fourth-order valence-electron chi connectivity index (χ4n) is 3.01. The number of nitro groups is 1. The Bertz CT molecular complexity index is 1250. The smallest absolute Gasteiger partial charge is 0.306 e. The molecule has 3 heterocycles. The number of halogens is 2. The first kappa shape index (κ1) is 20.1. The summed E-state index contributed by atoms with van der Waals surface area (Å²) in [6.45, 7) is 0.291. The molecule has 12 heteroatoms.